The van der Waals surface area contributed by atoms with Crippen LogP contribution in [0.15, 0.2) is 41.2 Å². The number of morpholine rings is 1. The Morgan fingerprint density at radius 2 is 2.00 bits per heavy atom. The molecule has 0 radical (unpaired) electrons. The second-order valence-corrected chi connectivity index (χ2v) is 6.90. The SMILES string of the molecule is N=C(Nc1ccc2c(c1)N(CCCN1CCOCC1)CC2)c1ccoc1. The molecule has 0 aliphatic carbocycles. The van der Waals surface area contributed by atoms with Gasteiger partial charge in [-0.05, 0) is 36.6 Å². The van der Waals surface area contributed by atoms with E-state index in [1.165, 1.54) is 17.7 Å². The molecule has 1 aromatic carbocycles. The number of rotatable bonds is 6. The Morgan fingerprint density at radius 1 is 1.12 bits per heavy atom. The largest absolute Gasteiger partial charge is 0.472 e. The predicted molar refractivity (Wildman–Crippen MR) is 103 cm³/mol. The lowest BCUT2D eigenvalue weighted by Gasteiger charge is -2.28. The van der Waals surface area contributed by atoms with Gasteiger partial charge in [0.15, 0.2) is 0 Å². The Hall–Kier alpha value is -2.31. The second kappa shape index (κ2) is 7.93. The maximum atomic E-state index is 8.15. The topological polar surface area (TPSA) is 64.7 Å². The smallest absolute Gasteiger partial charge is 0.133 e. The summed E-state index contributed by atoms with van der Waals surface area (Å²) < 4.78 is 10.5. The average molecular weight is 354 g/mol. The van der Waals surface area contributed by atoms with Gasteiger partial charge in [-0.25, -0.2) is 0 Å². The van der Waals surface area contributed by atoms with E-state index in [0.29, 0.717) is 5.84 Å². The molecule has 0 atom stereocenters. The van der Waals surface area contributed by atoms with Crippen molar-refractivity contribution in [3.8, 4) is 0 Å². The summed E-state index contributed by atoms with van der Waals surface area (Å²) in [6, 6.07) is 8.21. The number of fused-ring (bicyclic) bond motifs is 1. The fourth-order valence-electron chi connectivity index (χ4n) is 3.69. The van der Waals surface area contributed by atoms with Crippen molar-refractivity contribution < 1.29 is 9.15 Å². The third kappa shape index (κ3) is 3.92. The molecule has 6 nitrogen and oxygen atoms in total. The highest BCUT2D eigenvalue weighted by molar-refractivity contribution is 6.06. The molecule has 1 aromatic heterocycles. The van der Waals surface area contributed by atoms with Crippen molar-refractivity contribution in [2.75, 3.05) is 56.2 Å². The Morgan fingerprint density at radius 3 is 2.81 bits per heavy atom. The molecule has 0 saturated carbocycles. The Balaban J connectivity index is 1.35. The number of hydrogen-bond acceptors (Lipinski definition) is 5. The summed E-state index contributed by atoms with van der Waals surface area (Å²) in [7, 11) is 0. The first-order valence-electron chi connectivity index (χ1n) is 9.36. The zero-order valence-corrected chi connectivity index (χ0v) is 15.0. The fraction of sp³-hybridized carbons (Fsp3) is 0.450. The lowest BCUT2D eigenvalue weighted by atomic mass is 10.1. The van der Waals surface area contributed by atoms with Crippen LogP contribution in [0.4, 0.5) is 11.4 Å². The highest BCUT2D eigenvalue weighted by Crippen LogP contribution is 2.31. The number of hydrogen-bond donors (Lipinski definition) is 2. The second-order valence-electron chi connectivity index (χ2n) is 6.90. The molecule has 0 unspecified atom stereocenters. The molecule has 6 heteroatoms. The Kier molecular flexibility index (Phi) is 5.22. The maximum absolute atomic E-state index is 8.15. The molecule has 2 aliphatic rings. The minimum atomic E-state index is 0.357. The van der Waals surface area contributed by atoms with Crippen molar-refractivity contribution in [1.29, 1.82) is 5.41 Å². The number of anilines is 2. The van der Waals surface area contributed by atoms with Crippen LogP contribution in [0.3, 0.4) is 0 Å². The Labute approximate surface area is 154 Å². The van der Waals surface area contributed by atoms with Crippen LogP contribution in [-0.4, -0.2) is 56.7 Å². The van der Waals surface area contributed by atoms with E-state index in [0.717, 1.165) is 63.6 Å². The van der Waals surface area contributed by atoms with E-state index in [-0.39, 0.29) is 0 Å². The highest BCUT2D eigenvalue weighted by atomic mass is 16.5. The summed E-state index contributed by atoms with van der Waals surface area (Å²) in [6.45, 7) is 7.14. The van der Waals surface area contributed by atoms with Crippen LogP contribution in [0, 0.1) is 5.41 Å². The summed E-state index contributed by atoms with van der Waals surface area (Å²) in [4.78, 5) is 4.97. The number of ether oxygens (including phenoxy) is 1. The quantitative estimate of drug-likeness (QED) is 0.617. The van der Waals surface area contributed by atoms with Crippen LogP contribution >= 0.6 is 0 Å². The minimum Gasteiger partial charge on any atom is -0.472 e. The molecule has 1 fully saturated rings. The van der Waals surface area contributed by atoms with Crippen molar-refractivity contribution in [2.24, 2.45) is 0 Å². The number of benzene rings is 1. The van der Waals surface area contributed by atoms with Crippen molar-refractivity contribution in [1.82, 2.24) is 4.90 Å². The Bertz CT molecular complexity index is 738. The van der Waals surface area contributed by atoms with Gasteiger partial charge in [0.1, 0.15) is 12.1 Å². The zero-order valence-electron chi connectivity index (χ0n) is 15.0. The summed E-state index contributed by atoms with van der Waals surface area (Å²) in [5, 5.41) is 11.3. The minimum absolute atomic E-state index is 0.357. The predicted octanol–water partition coefficient (Wildman–Crippen LogP) is 2.80. The van der Waals surface area contributed by atoms with Gasteiger partial charge < -0.3 is 19.4 Å². The van der Waals surface area contributed by atoms with Gasteiger partial charge in [-0.3, -0.25) is 10.3 Å². The van der Waals surface area contributed by atoms with Crippen LogP contribution in [0.5, 0.6) is 0 Å². The van der Waals surface area contributed by atoms with Gasteiger partial charge in [-0.15, -0.1) is 0 Å². The summed E-state index contributed by atoms with van der Waals surface area (Å²) >= 11 is 0. The van der Waals surface area contributed by atoms with Crippen molar-refractivity contribution in [3.05, 3.63) is 47.9 Å². The van der Waals surface area contributed by atoms with Crippen LogP contribution in [0.1, 0.15) is 17.5 Å². The standard InChI is InChI=1S/C20H26N4O2/c21-20(17-5-11-26-15-17)22-18-3-2-16-4-8-24(19(16)14-18)7-1-6-23-9-12-25-13-10-23/h2-3,5,11,14-15H,1,4,6-10,12-13H2,(H2,21,22). The van der Waals surface area contributed by atoms with Crippen LogP contribution in [0.2, 0.25) is 0 Å². The molecule has 0 amide bonds. The van der Waals surface area contributed by atoms with Crippen molar-refractivity contribution >= 4 is 17.2 Å². The van der Waals surface area contributed by atoms with E-state index in [9.17, 15) is 0 Å². The number of nitrogens with one attached hydrogen (secondary N) is 2. The molecule has 4 rings (SSSR count). The molecule has 0 bridgehead atoms. The number of amidine groups is 1. The third-order valence-electron chi connectivity index (χ3n) is 5.16. The number of nitrogens with zero attached hydrogens (tertiary/aromatic N) is 2. The summed E-state index contributed by atoms with van der Waals surface area (Å²) in [6.07, 6.45) is 5.44. The first kappa shape index (κ1) is 17.1. The van der Waals surface area contributed by atoms with Crippen LogP contribution in [-0.2, 0) is 11.2 Å². The molecule has 2 aromatic rings. The average Bonchev–Trinajstić information content (AvgIpc) is 3.33. The maximum Gasteiger partial charge on any atom is 0.133 e. The molecule has 26 heavy (non-hydrogen) atoms. The van der Waals surface area contributed by atoms with E-state index in [1.54, 1.807) is 18.6 Å². The van der Waals surface area contributed by atoms with Gasteiger partial charge in [0, 0.05) is 44.1 Å². The molecule has 1 saturated heterocycles. The normalized spacial score (nSPS) is 17.3. The van der Waals surface area contributed by atoms with E-state index in [4.69, 9.17) is 14.6 Å². The van der Waals surface area contributed by atoms with Gasteiger partial charge >= 0.3 is 0 Å². The molecular weight excluding hydrogens is 328 g/mol. The molecule has 2 N–H and O–H groups in total. The van der Waals surface area contributed by atoms with Gasteiger partial charge in [0.05, 0.1) is 25.0 Å². The van der Waals surface area contributed by atoms with E-state index < -0.39 is 0 Å². The van der Waals surface area contributed by atoms with Crippen LogP contribution in [0.25, 0.3) is 0 Å². The lowest BCUT2D eigenvalue weighted by molar-refractivity contribution is 0.0376. The molecule has 3 heterocycles. The summed E-state index contributed by atoms with van der Waals surface area (Å²) in [5.41, 5.74) is 4.41. The highest BCUT2D eigenvalue weighted by Gasteiger charge is 2.20. The lowest BCUT2D eigenvalue weighted by Crippen LogP contribution is -2.38. The first-order chi connectivity index (χ1) is 12.8. The molecule has 2 aliphatic heterocycles. The monoisotopic (exact) mass is 354 g/mol. The van der Waals surface area contributed by atoms with E-state index in [1.807, 2.05) is 0 Å². The van der Waals surface area contributed by atoms with Gasteiger partial charge in [0.25, 0.3) is 0 Å². The van der Waals surface area contributed by atoms with Crippen molar-refractivity contribution in [2.45, 2.75) is 12.8 Å². The molecule has 138 valence electrons. The summed E-state index contributed by atoms with van der Waals surface area (Å²) in [5.74, 6) is 0.357. The van der Waals surface area contributed by atoms with E-state index in [2.05, 4.69) is 33.3 Å². The van der Waals surface area contributed by atoms with Crippen LogP contribution < -0.4 is 10.2 Å². The fourth-order valence-corrected chi connectivity index (χ4v) is 3.69. The number of furan rings is 1. The van der Waals surface area contributed by atoms with Gasteiger partial charge in [-0.1, -0.05) is 6.07 Å². The molecule has 0 spiro atoms. The van der Waals surface area contributed by atoms with Gasteiger partial charge in [-0.2, -0.15) is 0 Å². The first-order valence-corrected chi connectivity index (χ1v) is 9.36. The molecular formula is C20H26N4O2. The third-order valence-corrected chi connectivity index (χ3v) is 5.16. The van der Waals surface area contributed by atoms with Crippen molar-refractivity contribution in [3.63, 3.8) is 0 Å². The zero-order chi connectivity index (χ0) is 17.8. The van der Waals surface area contributed by atoms with E-state index >= 15 is 0 Å². The van der Waals surface area contributed by atoms with Gasteiger partial charge in [0.2, 0.25) is 0 Å².